The standard InChI is InChI=1S/C13H21N3O2/c1-4-5-6-11(9-17)14-13(18)12-7-8-16(15-12)10(2)3/h4,7-8,10-11,17H,1,5-6,9H2,2-3H3,(H,14,18)/t11-/m0/s1. The molecule has 18 heavy (non-hydrogen) atoms. The van der Waals surface area contributed by atoms with E-state index in [4.69, 9.17) is 5.11 Å². The van der Waals surface area contributed by atoms with Gasteiger partial charge in [-0.15, -0.1) is 6.58 Å². The largest absolute Gasteiger partial charge is 0.394 e. The molecule has 5 heteroatoms. The van der Waals surface area contributed by atoms with Gasteiger partial charge in [0.15, 0.2) is 0 Å². The Morgan fingerprint density at radius 1 is 1.67 bits per heavy atom. The smallest absolute Gasteiger partial charge is 0.272 e. The third-order valence-corrected chi connectivity index (χ3v) is 2.64. The lowest BCUT2D eigenvalue weighted by Crippen LogP contribution is -2.37. The van der Waals surface area contributed by atoms with E-state index in [-0.39, 0.29) is 24.6 Å². The molecule has 0 bridgehead atoms. The summed E-state index contributed by atoms with van der Waals surface area (Å²) in [5.41, 5.74) is 0.376. The summed E-state index contributed by atoms with van der Waals surface area (Å²) in [6.45, 7) is 7.53. The number of nitrogens with zero attached hydrogens (tertiary/aromatic N) is 2. The van der Waals surface area contributed by atoms with Crippen molar-refractivity contribution >= 4 is 5.91 Å². The van der Waals surface area contributed by atoms with Gasteiger partial charge in [0.1, 0.15) is 5.69 Å². The van der Waals surface area contributed by atoms with E-state index in [1.54, 1.807) is 23.0 Å². The van der Waals surface area contributed by atoms with Crippen molar-refractivity contribution in [2.24, 2.45) is 0 Å². The van der Waals surface area contributed by atoms with Crippen molar-refractivity contribution in [2.45, 2.75) is 38.8 Å². The van der Waals surface area contributed by atoms with Crippen molar-refractivity contribution < 1.29 is 9.90 Å². The van der Waals surface area contributed by atoms with Crippen LogP contribution >= 0.6 is 0 Å². The van der Waals surface area contributed by atoms with Crippen LogP contribution in [0.25, 0.3) is 0 Å². The molecule has 0 spiro atoms. The van der Waals surface area contributed by atoms with Crippen molar-refractivity contribution in [1.82, 2.24) is 15.1 Å². The summed E-state index contributed by atoms with van der Waals surface area (Å²) in [5, 5.41) is 16.1. The number of aromatic nitrogens is 2. The van der Waals surface area contributed by atoms with Crippen molar-refractivity contribution in [3.8, 4) is 0 Å². The van der Waals surface area contributed by atoms with E-state index in [2.05, 4.69) is 17.0 Å². The predicted octanol–water partition coefficient (Wildman–Crippen LogP) is 1.52. The summed E-state index contributed by atoms with van der Waals surface area (Å²) < 4.78 is 1.73. The molecule has 0 unspecified atom stereocenters. The molecule has 0 aromatic carbocycles. The summed E-state index contributed by atoms with van der Waals surface area (Å²) in [5.74, 6) is -0.252. The number of allylic oxidation sites excluding steroid dienone is 1. The molecule has 0 saturated carbocycles. The third kappa shape index (κ3) is 4.00. The molecule has 0 radical (unpaired) electrons. The number of aliphatic hydroxyl groups excluding tert-OH is 1. The first-order valence-corrected chi connectivity index (χ1v) is 6.16. The van der Waals surface area contributed by atoms with E-state index in [1.165, 1.54) is 0 Å². The maximum Gasteiger partial charge on any atom is 0.272 e. The van der Waals surface area contributed by atoms with E-state index in [1.807, 2.05) is 13.8 Å². The zero-order valence-electron chi connectivity index (χ0n) is 11.0. The van der Waals surface area contributed by atoms with Crippen LogP contribution in [0, 0.1) is 0 Å². The van der Waals surface area contributed by atoms with Crippen LogP contribution in [-0.2, 0) is 0 Å². The predicted molar refractivity (Wildman–Crippen MR) is 70.4 cm³/mol. The molecule has 5 nitrogen and oxygen atoms in total. The first-order valence-electron chi connectivity index (χ1n) is 6.16. The van der Waals surface area contributed by atoms with E-state index < -0.39 is 0 Å². The molecule has 0 fully saturated rings. The first kappa shape index (κ1) is 14.4. The Balaban J connectivity index is 2.59. The summed E-state index contributed by atoms with van der Waals surface area (Å²) in [6.07, 6.45) is 4.97. The minimum atomic E-state index is -0.252. The second-order valence-electron chi connectivity index (χ2n) is 4.49. The Hall–Kier alpha value is -1.62. The molecule has 1 aromatic heterocycles. The topological polar surface area (TPSA) is 67.2 Å². The van der Waals surface area contributed by atoms with Crippen LogP contribution in [0.5, 0.6) is 0 Å². The summed E-state index contributed by atoms with van der Waals surface area (Å²) in [7, 11) is 0. The quantitative estimate of drug-likeness (QED) is 0.722. The van der Waals surface area contributed by atoms with Crippen LogP contribution in [0.2, 0.25) is 0 Å². The Labute approximate surface area is 108 Å². The molecule has 0 aliphatic carbocycles. The fourth-order valence-electron chi connectivity index (χ4n) is 1.53. The zero-order valence-corrected chi connectivity index (χ0v) is 11.0. The average Bonchev–Trinajstić information content (AvgIpc) is 2.83. The maximum absolute atomic E-state index is 11.9. The molecular weight excluding hydrogens is 230 g/mol. The number of carbonyl (C=O) groups is 1. The van der Waals surface area contributed by atoms with Crippen LogP contribution in [-0.4, -0.2) is 33.4 Å². The van der Waals surface area contributed by atoms with Crippen molar-refractivity contribution in [3.05, 3.63) is 30.6 Å². The van der Waals surface area contributed by atoms with E-state index in [9.17, 15) is 4.79 Å². The Kier molecular flexibility index (Phi) is 5.58. The fraction of sp³-hybridized carbons (Fsp3) is 0.538. The Morgan fingerprint density at radius 2 is 2.39 bits per heavy atom. The summed E-state index contributed by atoms with van der Waals surface area (Å²) in [4.78, 5) is 11.9. The monoisotopic (exact) mass is 251 g/mol. The molecule has 0 saturated heterocycles. The highest BCUT2D eigenvalue weighted by Crippen LogP contribution is 2.05. The SMILES string of the molecule is C=CCC[C@@H](CO)NC(=O)c1ccn(C(C)C)n1. The first-order chi connectivity index (χ1) is 8.58. The molecule has 0 aliphatic heterocycles. The van der Waals surface area contributed by atoms with Gasteiger partial charge in [0.25, 0.3) is 5.91 Å². The molecule has 1 amide bonds. The van der Waals surface area contributed by atoms with Gasteiger partial charge < -0.3 is 10.4 Å². The van der Waals surface area contributed by atoms with Crippen LogP contribution in [0.1, 0.15) is 43.2 Å². The second-order valence-corrected chi connectivity index (χ2v) is 4.49. The highest BCUT2D eigenvalue weighted by molar-refractivity contribution is 5.92. The minimum absolute atomic E-state index is 0.0789. The molecule has 2 N–H and O–H groups in total. The number of amides is 1. The van der Waals surface area contributed by atoms with E-state index in [0.717, 1.165) is 6.42 Å². The van der Waals surface area contributed by atoms with Crippen LogP contribution in [0.3, 0.4) is 0 Å². The number of hydrogen-bond acceptors (Lipinski definition) is 3. The lowest BCUT2D eigenvalue weighted by atomic mass is 10.1. The average molecular weight is 251 g/mol. The van der Waals surface area contributed by atoms with E-state index in [0.29, 0.717) is 12.1 Å². The van der Waals surface area contributed by atoms with Gasteiger partial charge in [0, 0.05) is 12.2 Å². The lowest BCUT2D eigenvalue weighted by Gasteiger charge is -2.14. The van der Waals surface area contributed by atoms with Crippen LogP contribution < -0.4 is 5.32 Å². The number of aliphatic hydroxyl groups is 1. The second kappa shape index (κ2) is 6.96. The number of rotatable bonds is 7. The molecule has 1 atom stereocenters. The number of carbonyl (C=O) groups excluding carboxylic acids is 1. The van der Waals surface area contributed by atoms with Crippen LogP contribution in [0.4, 0.5) is 0 Å². The van der Waals surface area contributed by atoms with Crippen molar-refractivity contribution in [1.29, 1.82) is 0 Å². The summed E-state index contributed by atoms with van der Waals surface area (Å²) in [6, 6.07) is 1.65. The normalized spacial score (nSPS) is 12.4. The zero-order chi connectivity index (χ0) is 13.5. The number of nitrogens with one attached hydrogen (secondary N) is 1. The molecule has 1 rings (SSSR count). The Bertz CT molecular complexity index is 399. The van der Waals surface area contributed by atoms with Gasteiger partial charge in [-0.25, -0.2) is 0 Å². The Morgan fingerprint density at radius 3 is 2.89 bits per heavy atom. The molecule has 1 heterocycles. The van der Waals surface area contributed by atoms with Gasteiger partial charge in [0.2, 0.25) is 0 Å². The fourth-order valence-corrected chi connectivity index (χ4v) is 1.53. The van der Waals surface area contributed by atoms with Gasteiger partial charge in [-0.05, 0) is 32.8 Å². The van der Waals surface area contributed by atoms with Gasteiger partial charge in [-0.1, -0.05) is 6.08 Å². The van der Waals surface area contributed by atoms with Crippen molar-refractivity contribution in [2.75, 3.05) is 6.61 Å². The number of hydrogen-bond donors (Lipinski definition) is 2. The summed E-state index contributed by atoms with van der Waals surface area (Å²) >= 11 is 0. The van der Waals surface area contributed by atoms with Gasteiger partial charge >= 0.3 is 0 Å². The third-order valence-electron chi connectivity index (χ3n) is 2.64. The van der Waals surface area contributed by atoms with Crippen LogP contribution in [0.15, 0.2) is 24.9 Å². The highest BCUT2D eigenvalue weighted by atomic mass is 16.3. The van der Waals surface area contributed by atoms with Gasteiger partial charge in [-0.3, -0.25) is 9.48 Å². The lowest BCUT2D eigenvalue weighted by molar-refractivity contribution is 0.0907. The van der Waals surface area contributed by atoms with Gasteiger partial charge in [-0.2, -0.15) is 5.10 Å². The molecule has 100 valence electrons. The highest BCUT2D eigenvalue weighted by Gasteiger charge is 2.15. The molecule has 1 aromatic rings. The van der Waals surface area contributed by atoms with Crippen molar-refractivity contribution in [3.63, 3.8) is 0 Å². The molecule has 0 aliphatic rings. The minimum Gasteiger partial charge on any atom is -0.394 e. The van der Waals surface area contributed by atoms with E-state index >= 15 is 0 Å². The maximum atomic E-state index is 11.9. The van der Waals surface area contributed by atoms with Gasteiger partial charge in [0.05, 0.1) is 12.6 Å². The molecular formula is C13H21N3O2.